The van der Waals surface area contributed by atoms with Gasteiger partial charge >= 0.3 is 0 Å². The zero-order valence-corrected chi connectivity index (χ0v) is 14.8. The highest BCUT2D eigenvalue weighted by atomic mass is 32.2. The van der Waals surface area contributed by atoms with Gasteiger partial charge in [-0.3, -0.25) is 13.6 Å². The molecular formula is C16H9N2O7S2-. The Kier molecular flexibility index (Phi) is 3.78. The van der Waals surface area contributed by atoms with Gasteiger partial charge in [0.1, 0.15) is 11.4 Å². The molecule has 9 nitrogen and oxygen atoms in total. The van der Waals surface area contributed by atoms with Crippen LogP contribution >= 0.6 is 0 Å². The molecule has 2 heterocycles. The number of H-pyrrole nitrogens is 1. The molecule has 0 saturated carbocycles. The maximum absolute atomic E-state index is 12.6. The van der Waals surface area contributed by atoms with Gasteiger partial charge in [-0.25, -0.2) is 4.99 Å². The molecule has 0 fully saturated rings. The van der Waals surface area contributed by atoms with E-state index in [1.165, 1.54) is 24.3 Å². The number of hydrogen-bond donors (Lipinski definition) is 3. The van der Waals surface area contributed by atoms with Crippen LogP contribution in [0.2, 0.25) is 0 Å². The third-order valence-corrected chi connectivity index (χ3v) is 5.62. The van der Waals surface area contributed by atoms with Crippen molar-refractivity contribution in [2.75, 3.05) is 0 Å². The van der Waals surface area contributed by atoms with E-state index >= 15 is 0 Å². The molecule has 3 aromatic rings. The Labute approximate surface area is 154 Å². The number of benzene rings is 2. The lowest BCUT2D eigenvalue weighted by molar-refractivity contribution is 0.106. The molecule has 0 aliphatic carbocycles. The molecule has 0 radical (unpaired) electrons. The molecule has 138 valence electrons. The van der Waals surface area contributed by atoms with Gasteiger partial charge in [0.25, 0.3) is 10.1 Å². The molecule has 27 heavy (non-hydrogen) atoms. The van der Waals surface area contributed by atoms with Crippen LogP contribution in [-0.2, 0) is 21.2 Å². The van der Waals surface area contributed by atoms with Crippen molar-refractivity contribution < 1.29 is 31.6 Å². The number of nitrogens with one attached hydrogen (secondary N) is 1. The Morgan fingerprint density at radius 3 is 2.56 bits per heavy atom. The summed E-state index contributed by atoms with van der Waals surface area (Å²) in [5.74, 6) is -1.00. The van der Waals surface area contributed by atoms with Gasteiger partial charge in [-0.1, -0.05) is 0 Å². The number of fused-ring (bicyclic) bond motifs is 2. The van der Waals surface area contributed by atoms with E-state index in [0.29, 0.717) is 5.52 Å². The third kappa shape index (κ3) is 2.77. The Morgan fingerprint density at radius 2 is 1.89 bits per heavy atom. The molecular weight excluding hydrogens is 396 g/mol. The van der Waals surface area contributed by atoms with E-state index in [9.17, 15) is 27.1 Å². The van der Waals surface area contributed by atoms with E-state index in [-0.39, 0.29) is 38.7 Å². The van der Waals surface area contributed by atoms with Crippen molar-refractivity contribution in [1.82, 2.24) is 4.98 Å². The SMILES string of the molecule is O=C1C(c2[nH]c3ccc(S(=O)[O-])cc3c2O)=Nc2ccc(S(=O)(=O)O)cc21. The Bertz CT molecular complexity index is 1310. The number of Topliss-reactive ketones (excluding diaryl/α,β-unsaturated/α-hetero) is 1. The minimum Gasteiger partial charge on any atom is -0.768 e. The number of rotatable bonds is 3. The molecule has 2 aromatic carbocycles. The number of aromatic amines is 1. The maximum Gasteiger partial charge on any atom is 0.294 e. The summed E-state index contributed by atoms with van der Waals surface area (Å²) in [5.41, 5.74) is 0.354. The van der Waals surface area contributed by atoms with E-state index in [4.69, 9.17) is 4.55 Å². The minimum absolute atomic E-state index is 0.0200. The van der Waals surface area contributed by atoms with Crippen LogP contribution in [0.1, 0.15) is 16.1 Å². The first-order valence-corrected chi connectivity index (χ1v) is 9.87. The maximum atomic E-state index is 12.6. The molecule has 4 rings (SSSR count). The average molecular weight is 405 g/mol. The second-order valence-corrected chi connectivity index (χ2v) is 8.10. The summed E-state index contributed by atoms with van der Waals surface area (Å²) in [6.45, 7) is 0. The van der Waals surface area contributed by atoms with E-state index in [0.717, 1.165) is 12.1 Å². The zero-order valence-electron chi connectivity index (χ0n) is 13.2. The number of carbonyl (C=O) groups is 1. The van der Waals surface area contributed by atoms with Gasteiger partial charge in [0.15, 0.2) is 5.75 Å². The van der Waals surface area contributed by atoms with Gasteiger partial charge in [-0.05, 0) is 47.5 Å². The van der Waals surface area contributed by atoms with Gasteiger partial charge in [0.05, 0.1) is 16.1 Å². The molecule has 1 aliphatic rings. The first kappa shape index (κ1) is 17.5. The number of aliphatic imine (C=N–C) groups is 1. The second kappa shape index (κ2) is 5.82. The lowest BCUT2D eigenvalue weighted by Crippen LogP contribution is -2.12. The minimum atomic E-state index is -4.49. The van der Waals surface area contributed by atoms with Crippen LogP contribution in [0, 0.1) is 0 Å². The molecule has 1 unspecified atom stereocenters. The van der Waals surface area contributed by atoms with Crippen molar-refractivity contribution in [2.24, 2.45) is 4.99 Å². The standard InChI is InChI=1S/C16H10N2O7S2/c19-15-9-5-7(26(21)22)1-3-11(9)17-13(15)14-16(20)10-6-8(27(23,24)25)2-4-12(10)18-14/h1-6,17,19H,(H,21,22)(H,23,24,25)/p-1. The number of ketones is 1. The number of nitrogens with zero attached hydrogens (tertiary/aromatic N) is 1. The highest BCUT2D eigenvalue weighted by Gasteiger charge is 2.31. The summed E-state index contributed by atoms with van der Waals surface area (Å²) in [4.78, 5) is 19.1. The van der Waals surface area contributed by atoms with Gasteiger partial charge in [0, 0.05) is 15.8 Å². The van der Waals surface area contributed by atoms with Crippen molar-refractivity contribution >= 4 is 49.3 Å². The highest BCUT2D eigenvalue weighted by Crippen LogP contribution is 2.36. The van der Waals surface area contributed by atoms with E-state index in [1.54, 1.807) is 0 Å². The van der Waals surface area contributed by atoms with Crippen LogP contribution in [0.25, 0.3) is 10.9 Å². The van der Waals surface area contributed by atoms with Crippen molar-refractivity contribution in [3.05, 3.63) is 47.7 Å². The Hall–Kier alpha value is -2.86. The smallest absolute Gasteiger partial charge is 0.294 e. The summed E-state index contributed by atoms with van der Waals surface area (Å²) >= 11 is -2.49. The van der Waals surface area contributed by atoms with Gasteiger partial charge in [-0.15, -0.1) is 0 Å². The van der Waals surface area contributed by atoms with Crippen LogP contribution < -0.4 is 0 Å². The molecule has 1 aliphatic heterocycles. The van der Waals surface area contributed by atoms with Crippen LogP contribution in [-0.4, -0.2) is 43.3 Å². The summed E-state index contributed by atoms with van der Waals surface area (Å²) in [6, 6.07) is 7.39. The first-order valence-electron chi connectivity index (χ1n) is 7.36. The fourth-order valence-electron chi connectivity index (χ4n) is 2.86. The summed E-state index contributed by atoms with van der Waals surface area (Å²) < 4.78 is 53.8. The first-order chi connectivity index (χ1) is 12.7. The molecule has 11 heteroatoms. The molecule has 0 bridgehead atoms. The molecule has 1 aromatic heterocycles. The van der Waals surface area contributed by atoms with Crippen LogP contribution in [0.5, 0.6) is 5.75 Å². The molecule has 0 saturated heterocycles. The largest absolute Gasteiger partial charge is 0.768 e. The number of aromatic nitrogens is 1. The van der Waals surface area contributed by atoms with Crippen molar-refractivity contribution in [1.29, 1.82) is 0 Å². The molecule has 0 spiro atoms. The summed E-state index contributed by atoms with van der Waals surface area (Å²) in [5, 5.41) is 10.6. The predicted octanol–water partition coefficient (Wildman–Crippen LogP) is 1.68. The monoisotopic (exact) mass is 405 g/mol. The van der Waals surface area contributed by atoms with E-state index in [2.05, 4.69) is 9.98 Å². The zero-order chi connectivity index (χ0) is 19.5. The molecule has 3 N–H and O–H groups in total. The van der Waals surface area contributed by atoms with Crippen molar-refractivity contribution in [3.8, 4) is 5.75 Å². The number of hydrogen-bond acceptors (Lipinski definition) is 7. The number of carbonyl (C=O) groups excluding carboxylic acids is 1. The predicted molar refractivity (Wildman–Crippen MR) is 93.9 cm³/mol. The molecule has 0 amide bonds. The van der Waals surface area contributed by atoms with Crippen LogP contribution in [0.4, 0.5) is 5.69 Å². The lowest BCUT2D eigenvalue weighted by Gasteiger charge is -2.04. The average Bonchev–Trinajstić information content (AvgIpc) is 3.11. The lowest BCUT2D eigenvalue weighted by atomic mass is 10.1. The van der Waals surface area contributed by atoms with E-state index in [1.807, 2.05) is 0 Å². The third-order valence-electron chi connectivity index (χ3n) is 4.13. The topological polar surface area (TPSA) is 160 Å². The van der Waals surface area contributed by atoms with Gasteiger partial charge in [0.2, 0.25) is 5.78 Å². The normalized spacial score (nSPS) is 15.0. The fraction of sp³-hybridized carbons (Fsp3) is 0. The van der Waals surface area contributed by atoms with Gasteiger partial charge in [-0.2, -0.15) is 8.42 Å². The Balaban J connectivity index is 1.84. The van der Waals surface area contributed by atoms with Crippen LogP contribution in [0.15, 0.2) is 51.2 Å². The van der Waals surface area contributed by atoms with Crippen LogP contribution in [0.3, 0.4) is 0 Å². The fourth-order valence-corrected chi connectivity index (χ4v) is 3.76. The van der Waals surface area contributed by atoms with Gasteiger partial charge < -0.3 is 14.6 Å². The molecule has 1 atom stereocenters. The Morgan fingerprint density at radius 1 is 1.15 bits per heavy atom. The summed E-state index contributed by atoms with van der Waals surface area (Å²) in [6.07, 6.45) is 0. The highest BCUT2D eigenvalue weighted by molar-refractivity contribution is 7.85. The number of aromatic hydroxyl groups is 1. The second-order valence-electron chi connectivity index (χ2n) is 5.73. The summed E-state index contributed by atoms with van der Waals surface area (Å²) in [7, 11) is -4.49. The van der Waals surface area contributed by atoms with Crippen molar-refractivity contribution in [3.63, 3.8) is 0 Å². The quantitative estimate of drug-likeness (QED) is 0.441. The van der Waals surface area contributed by atoms with E-state index < -0.39 is 31.9 Å². The van der Waals surface area contributed by atoms with Crippen molar-refractivity contribution in [2.45, 2.75) is 9.79 Å².